The predicted molar refractivity (Wildman–Crippen MR) is 107 cm³/mol. The SMILES string of the molecule is COc1ccccc1NC(=O)COC(=O)CN1C(=O)N[C@](C)(c2ccccc2)C1=O. The number of rotatable bonds is 7. The van der Waals surface area contributed by atoms with Crippen molar-refractivity contribution in [2.75, 3.05) is 25.6 Å². The number of imide groups is 1. The molecule has 156 valence electrons. The van der Waals surface area contributed by atoms with Crippen molar-refractivity contribution in [2.45, 2.75) is 12.5 Å². The van der Waals surface area contributed by atoms with Crippen molar-refractivity contribution in [1.82, 2.24) is 10.2 Å². The number of urea groups is 1. The van der Waals surface area contributed by atoms with E-state index in [4.69, 9.17) is 9.47 Å². The van der Waals surface area contributed by atoms with Crippen LogP contribution < -0.4 is 15.4 Å². The van der Waals surface area contributed by atoms with Crippen LogP contribution in [0.3, 0.4) is 0 Å². The van der Waals surface area contributed by atoms with Crippen molar-refractivity contribution in [3.05, 3.63) is 60.2 Å². The summed E-state index contributed by atoms with van der Waals surface area (Å²) in [6.07, 6.45) is 0. The van der Waals surface area contributed by atoms with E-state index in [9.17, 15) is 19.2 Å². The largest absolute Gasteiger partial charge is 0.495 e. The van der Waals surface area contributed by atoms with Gasteiger partial charge in [-0.2, -0.15) is 0 Å². The highest BCUT2D eigenvalue weighted by molar-refractivity contribution is 6.09. The first-order valence-corrected chi connectivity index (χ1v) is 9.13. The number of carbonyl (C=O) groups excluding carboxylic acids is 4. The summed E-state index contributed by atoms with van der Waals surface area (Å²) in [6, 6.07) is 14.8. The van der Waals surface area contributed by atoms with Crippen LogP contribution in [-0.4, -0.2) is 49.0 Å². The van der Waals surface area contributed by atoms with E-state index < -0.39 is 42.5 Å². The van der Waals surface area contributed by atoms with Gasteiger partial charge >= 0.3 is 12.0 Å². The Balaban J connectivity index is 1.56. The Hall–Kier alpha value is -3.88. The molecule has 0 unspecified atom stereocenters. The monoisotopic (exact) mass is 411 g/mol. The molecule has 9 heteroatoms. The van der Waals surface area contributed by atoms with E-state index in [0.717, 1.165) is 4.90 Å². The number of anilines is 1. The van der Waals surface area contributed by atoms with Crippen LogP contribution in [0.15, 0.2) is 54.6 Å². The number of hydrogen-bond donors (Lipinski definition) is 2. The number of para-hydroxylation sites is 2. The molecule has 2 aromatic carbocycles. The molecular formula is C21H21N3O6. The highest BCUT2D eigenvalue weighted by Crippen LogP contribution is 2.28. The fraction of sp³-hybridized carbons (Fsp3) is 0.238. The summed E-state index contributed by atoms with van der Waals surface area (Å²) in [5, 5.41) is 5.16. The van der Waals surface area contributed by atoms with Gasteiger partial charge in [0.1, 0.15) is 17.8 Å². The predicted octanol–water partition coefficient (Wildman–Crippen LogP) is 1.64. The summed E-state index contributed by atoms with van der Waals surface area (Å²) in [7, 11) is 1.46. The molecule has 0 spiro atoms. The number of amides is 4. The first-order chi connectivity index (χ1) is 14.3. The van der Waals surface area contributed by atoms with Crippen molar-refractivity contribution in [3.63, 3.8) is 0 Å². The van der Waals surface area contributed by atoms with Gasteiger partial charge in [0.25, 0.3) is 11.8 Å². The van der Waals surface area contributed by atoms with Crippen molar-refractivity contribution < 1.29 is 28.7 Å². The molecule has 4 amide bonds. The van der Waals surface area contributed by atoms with Gasteiger partial charge in [-0.3, -0.25) is 19.3 Å². The molecule has 1 fully saturated rings. The van der Waals surface area contributed by atoms with Gasteiger partial charge in [0.05, 0.1) is 12.8 Å². The molecule has 3 rings (SSSR count). The molecule has 0 bridgehead atoms. The zero-order valence-electron chi connectivity index (χ0n) is 16.5. The topological polar surface area (TPSA) is 114 Å². The van der Waals surface area contributed by atoms with Crippen LogP contribution in [0.25, 0.3) is 0 Å². The van der Waals surface area contributed by atoms with Crippen molar-refractivity contribution in [2.24, 2.45) is 0 Å². The van der Waals surface area contributed by atoms with Gasteiger partial charge in [-0.05, 0) is 24.6 Å². The number of hydrogen-bond acceptors (Lipinski definition) is 6. The number of ether oxygens (including phenoxy) is 2. The minimum atomic E-state index is -1.28. The maximum absolute atomic E-state index is 12.8. The molecule has 0 aliphatic carbocycles. The minimum Gasteiger partial charge on any atom is -0.495 e. The van der Waals surface area contributed by atoms with Gasteiger partial charge in [0, 0.05) is 0 Å². The quantitative estimate of drug-likeness (QED) is 0.529. The molecule has 30 heavy (non-hydrogen) atoms. The molecule has 1 atom stereocenters. The molecule has 0 aromatic heterocycles. The molecule has 9 nitrogen and oxygen atoms in total. The minimum absolute atomic E-state index is 0.425. The summed E-state index contributed by atoms with van der Waals surface area (Å²) in [6.45, 7) is 0.389. The first kappa shape index (κ1) is 20.8. The average molecular weight is 411 g/mol. The maximum Gasteiger partial charge on any atom is 0.326 e. The second-order valence-corrected chi connectivity index (χ2v) is 6.72. The Labute approximate surface area is 172 Å². The Bertz CT molecular complexity index is 978. The molecule has 0 saturated carbocycles. The van der Waals surface area contributed by atoms with Crippen LogP contribution in [0.1, 0.15) is 12.5 Å². The smallest absolute Gasteiger partial charge is 0.326 e. The summed E-state index contributed by atoms with van der Waals surface area (Å²) < 4.78 is 10.0. The van der Waals surface area contributed by atoms with Crippen LogP contribution in [0.4, 0.5) is 10.5 Å². The van der Waals surface area contributed by atoms with E-state index in [-0.39, 0.29) is 0 Å². The maximum atomic E-state index is 12.8. The molecule has 1 saturated heterocycles. The Morgan fingerprint density at radius 2 is 1.73 bits per heavy atom. The lowest BCUT2D eigenvalue weighted by Crippen LogP contribution is -2.41. The average Bonchev–Trinajstić information content (AvgIpc) is 2.97. The number of benzene rings is 2. The van der Waals surface area contributed by atoms with Crippen molar-refractivity contribution in [3.8, 4) is 5.75 Å². The molecular weight excluding hydrogens is 390 g/mol. The Morgan fingerprint density at radius 3 is 2.43 bits per heavy atom. The fourth-order valence-corrected chi connectivity index (χ4v) is 3.06. The highest BCUT2D eigenvalue weighted by atomic mass is 16.5. The highest BCUT2D eigenvalue weighted by Gasteiger charge is 2.49. The zero-order chi connectivity index (χ0) is 21.7. The van der Waals surface area contributed by atoms with Gasteiger partial charge in [0.2, 0.25) is 0 Å². The second kappa shape index (κ2) is 8.64. The third kappa shape index (κ3) is 4.24. The number of nitrogens with zero attached hydrogens (tertiary/aromatic N) is 1. The lowest BCUT2D eigenvalue weighted by Gasteiger charge is -2.21. The first-order valence-electron chi connectivity index (χ1n) is 9.13. The van der Waals surface area contributed by atoms with E-state index in [1.165, 1.54) is 7.11 Å². The van der Waals surface area contributed by atoms with E-state index in [2.05, 4.69) is 10.6 Å². The Morgan fingerprint density at radius 1 is 1.07 bits per heavy atom. The van der Waals surface area contributed by atoms with E-state index in [0.29, 0.717) is 17.0 Å². The van der Waals surface area contributed by atoms with Crippen LogP contribution in [0.2, 0.25) is 0 Å². The normalized spacial score (nSPS) is 18.0. The third-order valence-corrected chi connectivity index (χ3v) is 4.66. The van der Waals surface area contributed by atoms with Gasteiger partial charge in [0.15, 0.2) is 6.61 Å². The van der Waals surface area contributed by atoms with Gasteiger partial charge in [-0.1, -0.05) is 42.5 Å². The lowest BCUT2D eigenvalue weighted by atomic mass is 9.92. The second-order valence-electron chi connectivity index (χ2n) is 6.72. The number of esters is 1. The van der Waals surface area contributed by atoms with Gasteiger partial charge in [-0.15, -0.1) is 0 Å². The lowest BCUT2D eigenvalue weighted by molar-refractivity contribution is -0.150. The number of methoxy groups -OCH3 is 1. The number of carbonyl (C=O) groups is 4. The zero-order valence-corrected chi connectivity index (χ0v) is 16.5. The van der Waals surface area contributed by atoms with Crippen molar-refractivity contribution >= 4 is 29.5 Å². The van der Waals surface area contributed by atoms with Crippen molar-refractivity contribution in [1.29, 1.82) is 0 Å². The molecule has 1 aliphatic rings. The summed E-state index contributed by atoms with van der Waals surface area (Å²) >= 11 is 0. The van der Waals surface area contributed by atoms with Gasteiger partial charge < -0.3 is 20.1 Å². The summed E-state index contributed by atoms with van der Waals surface area (Å²) in [4.78, 5) is 49.9. The molecule has 1 aliphatic heterocycles. The van der Waals surface area contributed by atoms with Gasteiger partial charge in [-0.25, -0.2) is 4.79 Å². The Kier molecular flexibility index (Phi) is 6.01. The fourth-order valence-electron chi connectivity index (χ4n) is 3.06. The van der Waals surface area contributed by atoms with Crippen LogP contribution >= 0.6 is 0 Å². The molecule has 2 aromatic rings. The molecule has 0 radical (unpaired) electrons. The number of nitrogens with one attached hydrogen (secondary N) is 2. The summed E-state index contributed by atoms with van der Waals surface area (Å²) in [5.74, 6) is -1.59. The van der Waals surface area contributed by atoms with Crippen LogP contribution in [0, 0.1) is 0 Å². The standard InChI is InChI=1S/C21H21N3O6/c1-21(14-8-4-3-5-9-14)19(27)24(20(28)23-21)12-18(26)30-13-17(25)22-15-10-6-7-11-16(15)29-2/h3-11H,12-13H2,1-2H3,(H,22,25)(H,23,28)/t21-/m1/s1. The van der Waals surface area contributed by atoms with Crippen LogP contribution in [-0.2, 0) is 24.7 Å². The third-order valence-electron chi connectivity index (χ3n) is 4.66. The van der Waals surface area contributed by atoms with E-state index in [1.54, 1.807) is 61.5 Å². The summed E-state index contributed by atoms with van der Waals surface area (Å²) in [5.41, 5.74) is -0.260. The molecule has 1 heterocycles. The van der Waals surface area contributed by atoms with E-state index >= 15 is 0 Å². The molecule has 2 N–H and O–H groups in total. The van der Waals surface area contributed by atoms with E-state index in [1.807, 2.05) is 0 Å². The van der Waals surface area contributed by atoms with Crippen LogP contribution in [0.5, 0.6) is 5.75 Å².